The highest BCUT2D eigenvalue weighted by molar-refractivity contribution is 8.15. The second-order valence-electron chi connectivity index (χ2n) is 6.12. The number of amides is 3. The summed E-state index contributed by atoms with van der Waals surface area (Å²) in [5.74, 6) is -0.357. The smallest absolute Gasteiger partial charge is 0.325 e. The number of aromatic nitrogens is 2. The number of thioether (sulfide) groups is 1. The first-order chi connectivity index (χ1) is 12.9. The number of aryl methyl sites for hydroxylation is 1. The van der Waals surface area contributed by atoms with Gasteiger partial charge < -0.3 is 9.80 Å². The number of hydrogen-bond donors (Lipinski definition) is 1. The number of imide groups is 1. The van der Waals surface area contributed by atoms with Crippen molar-refractivity contribution in [2.24, 2.45) is 4.99 Å². The van der Waals surface area contributed by atoms with Gasteiger partial charge >= 0.3 is 6.03 Å². The van der Waals surface area contributed by atoms with Crippen molar-refractivity contribution in [1.82, 2.24) is 25.3 Å². The average molecular weight is 423 g/mol. The van der Waals surface area contributed by atoms with Gasteiger partial charge in [0.05, 0.1) is 0 Å². The number of carbonyl (C=O) groups is 2. The lowest BCUT2D eigenvalue weighted by atomic mass is 10.1. The molecule has 1 aromatic carbocycles. The van der Waals surface area contributed by atoms with E-state index in [0.717, 1.165) is 14.9 Å². The van der Waals surface area contributed by atoms with E-state index in [2.05, 4.69) is 20.5 Å². The van der Waals surface area contributed by atoms with Crippen molar-refractivity contribution in [2.75, 3.05) is 7.05 Å². The quantitative estimate of drug-likeness (QED) is 0.816. The highest BCUT2D eigenvalue weighted by atomic mass is 35.5. The first-order valence-corrected chi connectivity index (χ1v) is 10.1. The molecule has 1 N–H and O–H groups in total. The van der Waals surface area contributed by atoms with Crippen LogP contribution in [0.5, 0.6) is 0 Å². The lowest BCUT2D eigenvalue weighted by Crippen LogP contribution is -2.63. The maximum absolute atomic E-state index is 12.6. The van der Waals surface area contributed by atoms with Crippen LogP contribution in [0.2, 0.25) is 5.02 Å². The number of aliphatic imine (C=N–C) groups is 1. The van der Waals surface area contributed by atoms with Crippen molar-refractivity contribution in [3.63, 3.8) is 0 Å². The minimum atomic E-state index is -0.597. The molecule has 0 aliphatic carbocycles. The number of fused-ring (bicyclic) bond motifs is 1. The molecule has 0 saturated carbocycles. The zero-order valence-electron chi connectivity index (χ0n) is 14.4. The predicted octanol–water partition coefficient (Wildman–Crippen LogP) is 2.34. The third kappa shape index (κ3) is 3.52. The standard InChI is InChI=1S/C16H15ClN6O2S2/c1-8-20-21-16(26-8)27-15-18-12-11(13(24)19-14(25)22(12)2)23(15)7-9-3-5-10(17)6-4-9/h3-6,11-12H,7H2,1-2H3,(H,19,24,25). The number of rotatable bonds is 3. The number of benzene rings is 1. The average Bonchev–Trinajstić information content (AvgIpc) is 3.19. The van der Waals surface area contributed by atoms with Gasteiger partial charge in [0.25, 0.3) is 5.91 Å². The number of carbonyl (C=O) groups excluding carboxylic acids is 2. The van der Waals surface area contributed by atoms with Crippen LogP contribution in [0.4, 0.5) is 4.79 Å². The molecule has 2 atom stereocenters. The van der Waals surface area contributed by atoms with Gasteiger partial charge in [0.2, 0.25) is 0 Å². The number of likely N-dealkylation sites (N-methyl/N-ethyl adjacent to an activating group) is 1. The topological polar surface area (TPSA) is 90.8 Å². The highest BCUT2D eigenvalue weighted by Gasteiger charge is 2.48. The summed E-state index contributed by atoms with van der Waals surface area (Å²) in [4.78, 5) is 32.5. The minimum absolute atomic E-state index is 0.357. The van der Waals surface area contributed by atoms with Gasteiger partial charge in [-0.05, 0) is 36.4 Å². The first-order valence-electron chi connectivity index (χ1n) is 8.07. The van der Waals surface area contributed by atoms with Crippen molar-refractivity contribution in [3.8, 4) is 0 Å². The molecule has 0 spiro atoms. The molecule has 11 heteroatoms. The third-order valence-corrected chi connectivity index (χ3v) is 6.44. The number of hydrogen-bond acceptors (Lipinski definition) is 8. The van der Waals surface area contributed by atoms with Gasteiger partial charge in [0.15, 0.2) is 21.7 Å². The van der Waals surface area contributed by atoms with Gasteiger partial charge in [-0.15, -0.1) is 10.2 Å². The highest BCUT2D eigenvalue weighted by Crippen LogP contribution is 2.34. The van der Waals surface area contributed by atoms with Gasteiger partial charge in [0, 0.05) is 18.6 Å². The molecule has 8 nitrogen and oxygen atoms in total. The Morgan fingerprint density at radius 2 is 2.00 bits per heavy atom. The Kier molecular flexibility index (Phi) is 4.79. The zero-order chi connectivity index (χ0) is 19.1. The van der Waals surface area contributed by atoms with Crippen molar-refractivity contribution in [1.29, 1.82) is 0 Å². The van der Waals surface area contributed by atoms with E-state index < -0.39 is 18.2 Å². The van der Waals surface area contributed by atoms with E-state index in [0.29, 0.717) is 16.7 Å². The molecular formula is C16H15ClN6O2S2. The third-order valence-electron chi connectivity index (χ3n) is 4.27. The lowest BCUT2D eigenvalue weighted by Gasteiger charge is -2.36. The minimum Gasteiger partial charge on any atom is -0.331 e. The van der Waals surface area contributed by atoms with Crippen LogP contribution in [-0.2, 0) is 11.3 Å². The Morgan fingerprint density at radius 3 is 2.67 bits per heavy atom. The summed E-state index contributed by atoms with van der Waals surface area (Å²) < 4.78 is 0.736. The molecular weight excluding hydrogens is 408 g/mol. The van der Waals surface area contributed by atoms with Crippen molar-refractivity contribution in [3.05, 3.63) is 39.9 Å². The molecule has 2 aromatic rings. The summed E-state index contributed by atoms with van der Waals surface area (Å²) in [6, 6.07) is 6.37. The van der Waals surface area contributed by atoms with E-state index in [-0.39, 0.29) is 5.91 Å². The van der Waals surface area contributed by atoms with Gasteiger partial charge in [-0.2, -0.15) is 0 Å². The van der Waals surface area contributed by atoms with Crippen molar-refractivity contribution >= 4 is 51.8 Å². The molecule has 4 rings (SSSR count). The van der Waals surface area contributed by atoms with Crippen molar-refractivity contribution in [2.45, 2.75) is 30.0 Å². The van der Waals surface area contributed by atoms with E-state index in [1.165, 1.54) is 28.0 Å². The zero-order valence-corrected chi connectivity index (χ0v) is 16.8. The second kappa shape index (κ2) is 7.10. The largest absolute Gasteiger partial charge is 0.331 e. The summed E-state index contributed by atoms with van der Waals surface area (Å²) in [7, 11) is 1.63. The molecule has 3 heterocycles. The van der Waals surface area contributed by atoms with Gasteiger partial charge in [0.1, 0.15) is 5.01 Å². The molecule has 140 valence electrons. The second-order valence-corrected chi connectivity index (χ2v) is 8.95. The predicted molar refractivity (Wildman–Crippen MR) is 104 cm³/mol. The SMILES string of the molecule is Cc1nnc(SC2=NC3C(C(=O)NC(=O)N3C)N2Cc2ccc(Cl)cc2)s1. The van der Waals surface area contributed by atoms with E-state index in [1.807, 2.05) is 24.0 Å². The Morgan fingerprint density at radius 1 is 1.26 bits per heavy atom. The first kappa shape index (κ1) is 18.2. The molecule has 1 saturated heterocycles. The summed E-state index contributed by atoms with van der Waals surface area (Å²) in [5, 5.41) is 12.7. The van der Waals surface area contributed by atoms with Gasteiger partial charge in [-0.1, -0.05) is 35.1 Å². The van der Waals surface area contributed by atoms with Crippen LogP contribution in [0.3, 0.4) is 0 Å². The number of amidine groups is 1. The van der Waals surface area contributed by atoms with E-state index in [4.69, 9.17) is 11.6 Å². The van der Waals surface area contributed by atoms with Crippen LogP contribution in [0.1, 0.15) is 10.6 Å². The number of urea groups is 1. The maximum Gasteiger partial charge on any atom is 0.325 e. The van der Waals surface area contributed by atoms with Crippen LogP contribution in [0.25, 0.3) is 0 Å². The van der Waals surface area contributed by atoms with Crippen LogP contribution in [0, 0.1) is 6.92 Å². The molecule has 0 bridgehead atoms. The normalized spacial score (nSPS) is 22.0. The van der Waals surface area contributed by atoms with Crippen LogP contribution in [0.15, 0.2) is 33.6 Å². The van der Waals surface area contributed by atoms with Gasteiger partial charge in [-0.25, -0.2) is 9.79 Å². The Bertz CT molecular complexity index is 931. The molecule has 0 radical (unpaired) electrons. The van der Waals surface area contributed by atoms with Gasteiger partial charge in [-0.3, -0.25) is 10.1 Å². The van der Waals surface area contributed by atoms with E-state index in [9.17, 15) is 9.59 Å². The van der Waals surface area contributed by atoms with E-state index >= 15 is 0 Å². The molecule has 1 aromatic heterocycles. The summed E-state index contributed by atoms with van der Waals surface area (Å²) in [6.07, 6.45) is -0.574. The van der Waals surface area contributed by atoms with Crippen LogP contribution < -0.4 is 5.32 Å². The fourth-order valence-electron chi connectivity index (χ4n) is 2.94. The lowest BCUT2D eigenvalue weighted by molar-refractivity contribution is -0.127. The molecule has 3 amide bonds. The Hall–Kier alpha value is -2.17. The monoisotopic (exact) mass is 422 g/mol. The molecule has 27 heavy (non-hydrogen) atoms. The molecule has 2 unspecified atom stereocenters. The number of nitrogens with one attached hydrogen (secondary N) is 1. The van der Waals surface area contributed by atoms with Crippen molar-refractivity contribution < 1.29 is 9.59 Å². The Balaban J connectivity index is 1.67. The summed E-state index contributed by atoms with van der Waals surface area (Å²) >= 11 is 8.78. The number of halogens is 1. The molecule has 1 fully saturated rings. The molecule has 2 aliphatic rings. The summed E-state index contributed by atoms with van der Waals surface area (Å²) in [5.41, 5.74) is 0.981. The fourth-order valence-corrected chi connectivity index (χ4v) is 4.92. The summed E-state index contributed by atoms with van der Waals surface area (Å²) in [6.45, 7) is 2.33. The molecule has 2 aliphatic heterocycles. The van der Waals surface area contributed by atoms with E-state index in [1.54, 1.807) is 19.2 Å². The van der Waals surface area contributed by atoms with Crippen LogP contribution >= 0.6 is 34.7 Å². The number of nitrogens with zero attached hydrogens (tertiary/aromatic N) is 5. The van der Waals surface area contributed by atoms with Crippen LogP contribution in [-0.4, -0.2) is 56.4 Å². The maximum atomic E-state index is 12.6. The fraction of sp³-hybridized carbons (Fsp3) is 0.312. The Labute approximate surface area is 168 Å².